The minimum atomic E-state index is -5.08. The molecule has 3 N–H and O–H groups in total. The second kappa shape index (κ2) is 13.3. The average Bonchev–Trinajstić information content (AvgIpc) is 3.22. The van der Waals surface area contributed by atoms with Gasteiger partial charge >= 0.3 is 12.1 Å². The van der Waals surface area contributed by atoms with Gasteiger partial charge in [0.15, 0.2) is 16.6 Å². The predicted octanol–water partition coefficient (Wildman–Crippen LogP) is 4.49. The van der Waals surface area contributed by atoms with Gasteiger partial charge in [-0.3, -0.25) is 4.90 Å². The molecule has 1 aliphatic carbocycles. The number of hydrogen-bond acceptors (Lipinski definition) is 5. The fraction of sp³-hybridized carbons (Fsp3) is 0.680. The maximum absolute atomic E-state index is 10.6. The number of alkyl halides is 3. The Morgan fingerprint density at radius 2 is 1.89 bits per heavy atom. The summed E-state index contributed by atoms with van der Waals surface area (Å²) < 4.78 is 42.8. The molecule has 0 radical (unpaired) electrons. The van der Waals surface area contributed by atoms with Crippen LogP contribution in [0, 0.1) is 0 Å². The van der Waals surface area contributed by atoms with Crippen molar-refractivity contribution >= 4 is 23.3 Å². The molecule has 11 heteroatoms. The number of rotatable bonds is 8. The summed E-state index contributed by atoms with van der Waals surface area (Å²) in [7, 11) is 3.42. The van der Waals surface area contributed by atoms with Crippen LogP contribution in [0.25, 0.3) is 0 Å². The van der Waals surface area contributed by atoms with Gasteiger partial charge < -0.3 is 25.2 Å². The van der Waals surface area contributed by atoms with Gasteiger partial charge in [0.05, 0.1) is 14.2 Å². The minimum Gasteiger partial charge on any atom is -0.493 e. The molecule has 36 heavy (non-hydrogen) atoms. The Morgan fingerprint density at radius 1 is 1.22 bits per heavy atom. The van der Waals surface area contributed by atoms with E-state index in [2.05, 4.69) is 47.6 Å². The number of likely N-dealkylation sites (N-methyl/N-ethyl adjacent to an activating group) is 1. The number of fused-ring (bicyclic) bond motifs is 1. The topological polar surface area (TPSA) is 83.1 Å². The summed E-state index contributed by atoms with van der Waals surface area (Å²) >= 11 is 5.54. The highest BCUT2D eigenvalue weighted by Crippen LogP contribution is 2.50. The summed E-state index contributed by atoms with van der Waals surface area (Å²) in [5.41, 5.74) is 1.57. The third-order valence-electron chi connectivity index (χ3n) is 7.13. The maximum atomic E-state index is 10.6. The van der Waals surface area contributed by atoms with E-state index in [9.17, 15) is 13.2 Å². The van der Waals surface area contributed by atoms with Crippen molar-refractivity contribution in [1.29, 1.82) is 0 Å². The molecule has 0 spiro atoms. The molecule has 1 saturated carbocycles. The van der Waals surface area contributed by atoms with Gasteiger partial charge in [0.1, 0.15) is 0 Å². The van der Waals surface area contributed by atoms with Crippen molar-refractivity contribution < 1.29 is 32.5 Å². The van der Waals surface area contributed by atoms with Crippen molar-refractivity contribution in [2.75, 3.05) is 33.9 Å². The number of benzene rings is 1. The number of carbonyl (C=O) groups is 1. The summed E-state index contributed by atoms with van der Waals surface area (Å²) in [5, 5.41) is 14.9. The van der Waals surface area contributed by atoms with Crippen LogP contribution in [0.5, 0.6) is 11.5 Å². The molecule has 0 amide bonds. The van der Waals surface area contributed by atoms with E-state index in [-0.39, 0.29) is 5.41 Å². The molecule has 0 unspecified atom stereocenters. The number of nitrogens with zero attached hydrogens (tertiary/aromatic N) is 1. The fourth-order valence-corrected chi connectivity index (χ4v) is 5.52. The maximum Gasteiger partial charge on any atom is 0.490 e. The Balaban J connectivity index is 0.000000572. The number of nitrogens with one attached hydrogen (secondary N) is 2. The lowest BCUT2D eigenvalue weighted by Gasteiger charge is -2.45. The molecule has 1 heterocycles. The largest absolute Gasteiger partial charge is 0.493 e. The Labute approximate surface area is 216 Å². The Bertz CT molecular complexity index is 887. The molecule has 1 aromatic carbocycles. The summed E-state index contributed by atoms with van der Waals surface area (Å²) in [6, 6.07) is 7.47. The first-order chi connectivity index (χ1) is 17.0. The van der Waals surface area contributed by atoms with E-state index in [0.29, 0.717) is 12.1 Å². The van der Waals surface area contributed by atoms with Gasteiger partial charge in [0.25, 0.3) is 0 Å². The minimum absolute atomic E-state index is 0.186. The fourth-order valence-electron chi connectivity index (χ4n) is 5.25. The normalized spacial score (nSPS) is 23.6. The molecular weight excluding hydrogens is 495 g/mol. The van der Waals surface area contributed by atoms with Gasteiger partial charge in [-0.2, -0.15) is 13.2 Å². The molecule has 2 aliphatic rings. The monoisotopic (exact) mass is 533 g/mol. The van der Waals surface area contributed by atoms with Gasteiger partial charge in [0.2, 0.25) is 0 Å². The Morgan fingerprint density at radius 3 is 2.44 bits per heavy atom. The highest BCUT2D eigenvalue weighted by atomic mass is 32.1. The SMILES string of the molecule is CCCCNC(=S)N[C@@H]1CC[C@@]2(c3ccc(OC)c(OC)c3)CCN(CC)[C@H]2C1.O=C(O)C(F)(F)F. The number of carboxylic acid groups (broad SMARTS) is 1. The van der Waals surface area contributed by atoms with Gasteiger partial charge in [-0.1, -0.05) is 26.3 Å². The molecule has 1 saturated heterocycles. The molecule has 3 atom stereocenters. The number of halogens is 3. The van der Waals surface area contributed by atoms with Crippen molar-refractivity contribution in [2.24, 2.45) is 0 Å². The van der Waals surface area contributed by atoms with E-state index in [1.54, 1.807) is 14.2 Å². The van der Waals surface area contributed by atoms with Crippen LogP contribution in [0.15, 0.2) is 18.2 Å². The number of hydrogen-bond donors (Lipinski definition) is 3. The van der Waals surface area contributed by atoms with E-state index in [1.807, 2.05) is 0 Å². The number of carboxylic acids is 1. The number of methoxy groups -OCH3 is 2. The third kappa shape index (κ3) is 7.38. The van der Waals surface area contributed by atoms with Crippen molar-refractivity contribution in [3.05, 3.63) is 23.8 Å². The van der Waals surface area contributed by atoms with E-state index in [4.69, 9.17) is 31.6 Å². The molecule has 7 nitrogen and oxygen atoms in total. The number of unbranched alkanes of at least 4 members (excludes halogenated alkanes) is 1. The molecule has 204 valence electrons. The van der Waals surface area contributed by atoms with Gasteiger partial charge in [0, 0.05) is 24.0 Å². The van der Waals surface area contributed by atoms with Gasteiger partial charge in [-0.05, 0) is 75.1 Å². The van der Waals surface area contributed by atoms with Gasteiger partial charge in [-0.15, -0.1) is 0 Å². The highest BCUT2D eigenvalue weighted by molar-refractivity contribution is 7.80. The highest BCUT2D eigenvalue weighted by Gasteiger charge is 2.51. The molecule has 2 fully saturated rings. The average molecular weight is 534 g/mol. The number of ether oxygens (including phenoxy) is 2. The van der Waals surface area contributed by atoms with Crippen LogP contribution in [-0.4, -0.2) is 73.2 Å². The second-order valence-electron chi connectivity index (χ2n) is 9.15. The van der Waals surface area contributed by atoms with Crippen LogP contribution in [0.3, 0.4) is 0 Å². The summed E-state index contributed by atoms with van der Waals surface area (Å²) in [4.78, 5) is 11.5. The van der Waals surface area contributed by atoms with E-state index < -0.39 is 12.1 Å². The quantitative estimate of drug-likeness (QED) is 0.333. The zero-order valence-electron chi connectivity index (χ0n) is 21.4. The van der Waals surface area contributed by atoms with Crippen LogP contribution < -0.4 is 20.1 Å². The standard InChI is InChI=1S/C23H37N3O2S.C2HF3O2/c1-5-7-13-24-22(29)25-18-10-11-23(12-14-26(6-2)21(23)16-18)17-8-9-19(27-3)20(15-17)28-4;3-2(4,5)1(6)7/h8-9,15,18,21H,5-7,10-14,16H2,1-4H3,(H2,24,25,29);(H,6,7)/t18-,21+,23+;/m1./s1. The van der Waals surface area contributed by atoms with Crippen molar-refractivity contribution in [3.8, 4) is 11.5 Å². The zero-order chi connectivity index (χ0) is 26.9. The van der Waals surface area contributed by atoms with Crippen molar-refractivity contribution in [1.82, 2.24) is 15.5 Å². The summed E-state index contributed by atoms with van der Waals surface area (Å²) in [5.74, 6) is -1.13. The van der Waals surface area contributed by atoms with E-state index >= 15 is 0 Å². The van der Waals surface area contributed by atoms with Crippen LogP contribution >= 0.6 is 12.2 Å². The smallest absolute Gasteiger partial charge is 0.490 e. The molecule has 1 aliphatic heterocycles. The molecule has 1 aromatic rings. The third-order valence-corrected chi connectivity index (χ3v) is 7.39. The first kappa shape index (κ1) is 30.0. The lowest BCUT2D eigenvalue weighted by molar-refractivity contribution is -0.192. The zero-order valence-corrected chi connectivity index (χ0v) is 22.2. The van der Waals surface area contributed by atoms with Crippen LogP contribution in [0.2, 0.25) is 0 Å². The van der Waals surface area contributed by atoms with Crippen LogP contribution in [0.1, 0.15) is 57.9 Å². The Kier molecular flexibility index (Phi) is 11.1. The summed E-state index contributed by atoms with van der Waals surface area (Å²) in [6.45, 7) is 7.67. The second-order valence-corrected chi connectivity index (χ2v) is 9.56. The number of thiocarbonyl (C=S) groups is 1. The van der Waals surface area contributed by atoms with E-state index in [1.165, 1.54) is 24.8 Å². The van der Waals surface area contributed by atoms with Crippen molar-refractivity contribution in [3.63, 3.8) is 0 Å². The lowest BCUT2D eigenvalue weighted by Crippen LogP contribution is -2.53. The van der Waals surface area contributed by atoms with E-state index in [0.717, 1.165) is 55.5 Å². The van der Waals surface area contributed by atoms with Crippen LogP contribution in [0.4, 0.5) is 13.2 Å². The first-order valence-corrected chi connectivity index (χ1v) is 12.7. The number of likely N-dealkylation sites (tertiary alicyclic amines) is 1. The number of aliphatic carboxylic acids is 1. The van der Waals surface area contributed by atoms with Gasteiger partial charge in [-0.25, -0.2) is 4.79 Å². The van der Waals surface area contributed by atoms with Crippen LogP contribution in [-0.2, 0) is 10.2 Å². The molecule has 0 aromatic heterocycles. The van der Waals surface area contributed by atoms with Crippen molar-refractivity contribution in [2.45, 2.75) is 76.0 Å². The molecule has 0 bridgehead atoms. The summed E-state index contributed by atoms with van der Waals surface area (Å²) in [6.07, 6.45) is 1.88. The Hall–Kier alpha value is -2.27. The lowest BCUT2D eigenvalue weighted by atomic mass is 9.65. The first-order valence-electron chi connectivity index (χ1n) is 12.3. The molecule has 3 rings (SSSR count). The molecular formula is C25H38F3N3O4S. The predicted molar refractivity (Wildman–Crippen MR) is 137 cm³/mol.